The third kappa shape index (κ3) is 6.48. The standard InChI is InChI=1S/C41H46N3/c1-7-42(8-2)37-25-27-39(31(5)29-37)41(40-28-26-38(30-32(40)6)43(9-3)10-4)33-21-23-36(24-22-33)44(34-17-13-11-14-18-34)35-19-15-12-16-20-35/h11-30H,7-10H2,1-6H3/q+1. The number of rotatable bonds is 10. The van der Waals surface area contributed by atoms with Crippen LogP contribution in [0, 0.1) is 13.8 Å². The third-order valence-electron chi connectivity index (χ3n) is 8.66. The number of allylic oxidation sites excluding steroid dienone is 5. The number of aryl methyl sites for hydroxylation is 2. The molecule has 0 bridgehead atoms. The quantitative estimate of drug-likeness (QED) is 0.173. The lowest BCUT2D eigenvalue weighted by atomic mass is 9.86. The largest absolute Gasteiger partial charge is 0.372 e. The Kier molecular flexibility index (Phi) is 9.96. The molecule has 1 aliphatic carbocycles. The van der Waals surface area contributed by atoms with Crippen molar-refractivity contribution in [1.82, 2.24) is 4.58 Å². The van der Waals surface area contributed by atoms with Gasteiger partial charge in [0.25, 0.3) is 0 Å². The highest BCUT2D eigenvalue weighted by atomic mass is 15.1. The van der Waals surface area contributed by atoms with Crippen molar-refractivity contribution in [2.45, 2.75) is 41.5 Å². The SMILES string of the molecule is CCN(CC)c1ccc(C(=C2C=CC(=[N+](c3ccccc3)c3ccccc3)C=C2)c2ccc(N(CC)CC)cc2C)c(C)c1. The molecule has 0 atom stereocenters. The first-order valence-electron chi connectivity index (χ1n) is 16.1. The molecule has 0 saturated carbocycles. The van der Waals surface area contributed by atoms with Gasteiger partial charge in [0, 0.05) is 74.0 Å². The molecule has 0 N–H and O–H groups in total. The van der Waals surface area contributed by atoms with Crippen molar-refractivity contribution >= 4 is 34.0 Å². The van der Waals surface area contributed by atoms with E-state index in [0.29, 0.717) is 0 Å². The topological polar surface area (TPSA) is 9.49 Å². The first-order chi connectivity index (χ1) is 21.5. The van der Waals surface area contributed by atoms with Gasteiger partial charge >= 0.3 is 0 Å². The van der Waals surface area contributed by atoms with Crippen LogP contribution in [0.1, 0.15) is 49.9 Å². The molecule has 0 heterocycles. The second kappa shape index (κ2) is 14.2. The molecule has 44 heavy (non-hydrogen) atoms. The van der Waals surface area contributed by atoms with Gasteiger partial charge in [-0.15, -0.1) is 0 Å². The Bertz CT molecular complexity index is 1580. The second-order valence-electron chi connectivity index (χ2n) is 11.3. The molecule has 0 amide bonds. The zero-order valence-corrected chi connectivity index (χ0v) is 27.2. The van der Waals surface area contributed by atoms with Gasteiger partial charge in [0.2, 0.25) is 17.1 Å². The Balaban J connectivity index is 1.68. The van der Waals surface area contributed by atoms with Crippen LogP contribution < -0.4 is 14.4 Å². The van der Waals surface area contributed by atoms with E-state index >= 15 is 0 Å². The molecule has 4 aromatic rings. The van der Waals surface area contributed by atoms with Gasteiger partial charge in [0.05, 0.1) is 0 Å². The van der Waals surface area contributed by atoms with E-state index in [1.807, 2.05) is 0 Å². The Morgan fingerprint density at radius 2 is 0.932 bits per heavy atom. The normalized spacial score (nSPS) is 12.4. The summed E-state index contributed by atoms with van der Waals surface area (Å²) >= 11 is 0. The number of nitrogens with zero attached hydrogens (tertiary/aromatic N) is 3. The van der Waals surface area contributed by atoms with Crippen molar-refractivity contribution in [3.8, 4) is 0 Å². The fourth-order valence-corrected chi connectivity index (χ4v) is 6.26. The van der Waals surface area contributed by atoms with Gasteiger partial charge in [-0.2, -0.15) is 4.58 Å². The van der Waals surface area contributed by atoms with Crippen molar-refractivity contribution in [3.63, 3.8) is 0 Å². The van der Waals surface area contributed by atoms with Crippen LogP contribution in [-0.4, -0.2) is 31.9 Å². The molecular formula is C41H46N3+. The third-order valence-corrected chi connectivity index (χ3v) is 8.66. The van der Waals surface area contributed by atoms with Crippen molar-refractivity contribution in [3.05, 3.63) is 149 Å². The fraction of sp³-hybridized carbons (Fsp3) is 0.244. The zero-order chi connectivity index (χ0) is 31.1. The van der Waals surface area contributed by atoms with Crippen LogP contribution in [0.2, 0.25) is 0 Å². The van der Waals surface area contributed by atoms with Gasteiger partial charge in [0.1, 0.15) is 0 Å². The van der Waals surface area contributed by atoms with Crippen LogP contribution in [0.3, 0.4) is 0 Å². The molecule has 0 spiro atoms. The first kappa shape index (κ1) is 30.8. The minimum Gasteiger partial charge on any atom is -0.372 e. The Hall–Kier alpha value is -4.63. The molecular weight excluding hydrogens is 534 g/mol. The molecule has 0 saturated heterocycles. The molecule has 5 rings (SSSR count). The molecule has 3 heteroatoms. The summed E-state index contributed by atoms with van der Waals surface area (Å²) in [5.74, 6) is 0. The first-order valence-corrected chi connectivity index (χ1v) is 16.1. The Morgan fingerprint density at radius 3 is 1.30 bits per heavy atom. The van der Waals surface area contributed by atoms with E-state index in [1.165, 1.54) is 44.8 Å². The molecule has 224 valence electrons. The molecule has 1 aliphatic rings. The lowest BCUT2D eigenvalue weighted by molar-refractivity contribution is 0.865. The summed E-state index contributed by atoms with van der Waals surface area (Å²) < 4.78 is 2.32. The van der Waals surface area contributed by atoms with Gasteiger partial charge in [-0.3, -0.25) is 0 Å². The summed E-state index contributed by atoms with van der Waals surface area (Å²) in [6.45, 7) is 17.4. The van der Waals surface area contributed by atoms with E-state index in [1.54, 1.807) is 0 Å². The number of anilines is 2. The van der Waals surface area contributed by atoms with Gasteiger partial charge in [-0.25, -0.2) is 0 Å². The van der Waals surface area contributed by atoms with E-state index < -0.39 is 0 Å². The predicted molar refractivity (Wildman–Crippen MR) is 193 cm³/mol. The molecule has 0 aliphatic heterocycles. The van der Waals surface area contributed by atoms with Gasteiger partial charge < -0.3 is 9.80 Å². The summed E-state index contributed by atoms with van der Waals surface area (Å²) in [6.07, 6.45) is 9.10. The van der Waals surface area contributed by atoms with Crippen molar-refractivity contribution < 1.29 is 0 Å². The number of hydrogen-bond donors (Lipinski definition) is 0. The van der Waals surface area contributed by atoms with Crippen LogP contribution >= 0.6 is 0 Å². The molecule has 4 aromatic carbocycles. The molecule has 0 fully saturated rings. The van der Waals surface area contributed by atoms with E-state index in [0.717, 1.165) is 43.3 Å². The van der Waals surface area contributed by atoms with E-state index in [4.69, 9.17) is 0 Å². The van der Waals surface area contributed by atoms with Crippen molar-refractivity contribution in [2.24, 2.45) is 0 Å². The highest BCUT2D eigenvalue weighted by molar-refractivity contribution is 6.10. The maximum absolute atomic E-state index is 2.41. The summed E-state index contributed by atoms with van der Waals surface area (Å²) in [4.78, 5) is 4.83. The lowest BCUT2D eigenvalue weighted by Crippen LogP contribution is -2.22. The van der Waals surface area contributed by atoms with Crippen LogP contribution in [-0.2, 0) is 0 Å². The molecule has 0 aromatic heterocycles. The molecule has 0 unspecified atom stereocenters. The van der Waals surface area contributed by atoms with E-state index in [-0.39, 0.29) is 0 Å². The smallest absolute Gasteiger partial charge is 0.211 e. The van der Waals surface area contributed by atoms with Crippen molar-refractivity contribution in [2.75, 3.05) is 36.0 Å². The maximum Gasteiger partial charge on any atom is 0.211 e. The molecule has 3 nitrogen and oxygen atoms in total. The Morgan fingerprint density at radius 1 is 0.523 bits per heavy atom. The van der Waals surface area contributed by atoms with Gasteiger partial charge in [-0.1, -0.05) is 48.5 Å². The van der Waals surface area contributed by atoms with Crippen molar-refractivity contribution in [1.29, 1.82) is 0 Å². The zero-order valence-electron chi connectivity index (χ0n) is 27.2. The number of benzene rings is 4. The van der Waals surface area contributed by atoms with Crippen LogP contribution in [0.15, 0.2) is 127 Å². The monoisotopic (exact) mass is 580 g/mol. The molecule has 0 radical (unpaired) electrons. The van der Waals surface area contributed by atoms with Crippen LogP contribution in [0.4, 0.5) is 22.7 Å². The lowest BCUT2D eigenvalue weighted by Gasteiger charge is -2.25. The summed E-state index contributed by atoms with van der Waals surface area (Å²) in [7, 11) is 0. The average molecular weight is 581 g/mol. The summed E-state index contributed by atoms with van der Waals surface area (Å²) in [5.41, 5.74) is 13.6. The summed E-state index contributed by atoms with van der Waals surface area (Å²) in [6, 6.07) is 35.1. The highest BCUT2D eigenvalue weighted by Crippen LogP contribution is 2.36. The number of para-hydroxylation sites is 2. The number of hydrogen-bond acceptors (Lipinski definition) is 2. The Labute approximate surface area is 264 Å². The van der Waals surface area contributed by atoms with E-state index in [9.17, 15) is 0 Å². The summed E-state index contributed by atoms with van der Waals surface area (Å²) in [5, 5.41) is 0. The van der Waals surface area contributed by atoms with Gasteiger partial charge in [-0.05, 0) is 111 Å². The highest BCUT2D eigenvalue weighted by Gasteiger charge is 2.21. The van der Waals surface area contributed by atoms with Crippen LogP contribution in [0.5, 0.6) is 0 Å². The minimum atomic E-state index is 0.999. The van der Waals surface area contributed by atoms with E-state index in [2.05, 4.69) is 177 Å². The minimum absolute atomic E-state index is 0.999. The maximum atomic E-state index is 2.41. The van der Waals surface area contributed by atoms with Gasteiger partial charge in [0.15, 0.2) is 0 Å². The predicted octanol–water partition coefficient (Wildman–Crippen LogP) is 9.90. The average Bonchev–Trinajstić information content (AvgIpc) is 3.06. The fourth-order valence-electron chi connectivity index (χ4n) is 6.26. The van der Waals surface area contributed by atoms with Crippen LogP contribution in [0.25, 0.3) is 5.57 Å². The second-order valence-corrected chi connectivity index (χ2v) is 11.3.